The molecule has 2 aliphatic heterocycles. The van der Waals surface area contributed by atoms with Gasteiger partial charge in [-0.3, -0.25) is 0 Å². The quantitative estimate of drug-likeness (QED) is 0.679. The molecule has 2 saturated heterocycles. The molecule has 0 N–H and O–H groups in total. The van der Waals surface area contributed by atoms with E-state index in [1.165, 1.54) is 37.6 Å². The Morgan fingerprint density at radius 1 is 0.692 bits per heavy atom. The van der Waals surface area contributed by atoms with Crippen molar-refractivity contribution in [3.8, 4) is 0 Å². The van der Waals surface area contributed by atoms with Crippen molar-refractivity contribution in [2.45, 2.75) is 110 Å². The molecule has 0 unspecified atom stereocenters. The minimum absolute atomic E-state index is 0.317. The van der Waals surface area contributed by atoms with Crippen LogP contribution in [0.15, 0.2) is 11.4 Å². The third-order valence-electron chi connectivity index (χ3n) is 7.20. The molecule has 0 amide bonds. The fourth-order valence-electron chi connectivity index (χ4n) is 3.94. The molecule has 1 saturated carbocycles. The second-order valence-corrected chi connectivity index (χ2v) is 10.2. The molecule has 0 bridgehead atoms. The van der Waals surface area contributed by atoms with Crippen molar-refractivity contribution in [3.05, 3.63) is 11.4 Å². The molecular weight excluding hydrogens is 326 g/mol. The molecule has 0 atom stereocenters. The van der Waals surface area contributed by atoms with Crippen LogP contribution in [0.3, 0.4) is 0 Å². The van der Waals surface area contributed by atoms with Crippen LogP contribution in [-0.4, -0.2) is 36.6 Å². The smallest absolute Gasteiger partial charge is 0.400 e. The number of hydrogen-bond acceptors (Lipinski definition) is 4. The lowest BCUT2D eigenvalue weighted by atomic mass is 9.62. The van der Waals surface area contributed by atoms with Gasteiger partial charge in [0.15, 0.2) is 0 Å². The van der Waals surface area contributed by atoms with Crippen molar-refractivity contribution in [3.63, 3.8) is 0 Å². The lowest BCUT2D eigenvalue weighted by Crippen LogP contribution is -2.41. The van der Waals surface area contributed by atoms with E-state index in [1.807, 2.05) is 0 Å². The molecule has 0 aromatic rings. The average molecular weight is 362 g/mol. The van der Waals surface area contributed by atoms with E-state index in [-0.39, 0.29) is 36.6 Å². The molecule has 0 aromatic heterocycles. The van der Waals surface area contributed by atoms with Crippen LogP contribution in [0, 0.1) is 5.92 Å². The van der Waals surface area contributed by atoms with Crippen LogP contribution in [0.1, 0.15) is 87.5 Å². The normalized spacial score (nSPS) is 30.8. The first-order chi connectivity index (χ1) is 11.8. The summed E-state index contributed by atoms with van der Waals surface area (Å²) in [6, 6.07) is 0. The molecule has 3 rings (SSSR count). The predicted molar refractivity (Wildman–Crippen MR) is 107 cm³/mol. The summed E-state index contributed by atoms with van der Waals surface area (Å²) in [6.07, 6.45) is 6.24. The topological polar surface area (TPSA) is 36.9 Å². The minimum atomic E-state index is -0.351. The highest BCUT2D eigenvalue weighted by molar-refractivity contribution is 6.60. The highest BCUT2D eigenvalue weighted by Gasteiger charge is 2.55. The highest BCUT2D eigenvalue weighted by atomic mass is 16.7. The first-order valence-electron chi connectivity index (χ1n) is 10.3. The molecular formula is C20H36B2O4. The van der Waals surface area contributed by atoms with Crippen LogP contribution in [0.5, 0.6) is 0 Å². The predicted octanol–water partition coefficient (Wildman–Crippen LogP) is 4.76. The van der Waals surface area contributed by atoms with Crippen molar-refractivity contribution in [1.29, 1.82) is 0 Å². The Labute approximate surface area is 160 Å². The summed E-state index contributed by atoms with van der Waals surface area (Å²) in [5.74, 6) is 2.63. The van der Waals surface area contributed by atoms with Crippen molar-refractivity contribution >= 4 is 14.2 Å². The lowest BCUT2D eigenvalue weighted by molar-refractivity contribution is 0.00578. The third-order valence-corrected chi connectivity index (χ3v) is 7.20. The van der Waals surface area contributed by atoms with Crippen molar-refractivity contribution in [1.82, 2.24) is 0 Å². The first kappa shape index (κ1) is 20.4. The van der Waals surface area contributed by atoms with Gasteiger partial charge in [-0.1, -0.05) is 25.2 Å². The van der Waals surface area contributed by atoms with E-state index in [0.29, 0.717) is 5.92 Å². The van der Waals surface area contributed by atoms with Gasteiger partial charge < -0.3 is 18.6 Å². The van der Waals surface area contributed by atoms with E-state index in [2.05, 4.69) is 61.4 Å². The lowest BCUT2D eigenvalue weighted by Gasteiger charge is -2.32. The van der Waals surface area contributed by atoms with E-state index >= 15 is 0 Å². The van der Waals surface area contributed by atoms with Gasteiger partial charge in [0.05, 0.1) is 22.4 Å². The summed E-state index contributed by atoms with van der Waals surface area (Å²) in [5, 5.41) is 0. The van der Waals surface area contributed by atoms with Gasteiger partial charge in [-0.25, -0.2) is 0 Å². The zero-order chi connectivity index (χ0) is 19.4. The van der Waals surface area contributed by atoms with Crippen LogP contribution in [0.25, 0.3) is 0 Å². The molecule has 26 heavy (non-hydrogen) atoms. The van der Waals surface area contributed by atoms with Gasteiger partial charge in [-0.15, -0.1) is 0 Å². The Morgan fingerprint density at radius 3 is 1.58 bits per heavy atom. The first-order valence-corrected chi connectivity index (χ1v) is 10.3. The summed E-state index contributed by atoms with van der Waals surface area (Å²) in [4.78, 5) is 0. The molecule has 0 spiro atoms. The van der Waals surface area contributed by atoms with Crippen LogP contribution >= 0.6 is 0 Å². The Kier molecular flexibility index (Phi) is 5.23. The van der Waals surface area contributed by atoms with Gasteiger partial charge in [-0.05, 0) is 79.6 Å². The molecule has 0 aromatic carbocycles. The van der Waals surface area contributed by atoms with Crippen LogP contribution < -0.4 is 0 Å². The summed E-state index contributed by atoms with van der Waals surface area (Å²) in [7, 11) is -0.668. The molecule has 4 nitrogen and oxygen atoms in total. The largest absolute Gasteiger partial charge is 0.489 e. The molecule has 146 valence electrons. The van der Waals surface area contributed by atoms with Crippen LogP contribution in [-0.2, 0) is 18.6 Å². The second kappa shape index (κ2) is 6.65. The summed E-state index contributed by atoms with van der Waals surface area (Å²) >= 11 is 0. The molecule has 0 radical (unpaired) electrons. The van der Waals surface area contributed by atoms with Gasteiger partial charge in [0, 0.05) is 0 Å². The van der Waals surface area contributed by atoms with E-state index < -0.39 is 0 Å². The van der Waals surface area contributed by atoms with Crippen molar-refractivity contribution < 1.29 is 18.6 Å². The Balaban J connectivity index is 1.88. The highest BCUT2D eigenvalue weighted by Crippen LogP contribution is 2.43. The third kappa shape index (κ3) is 3.67. The van der Waals surface area contributed by atoms with E-state index in [9.17, 15) is 0 Å². The molecule has 1 aliphatic carbocycles. The molecule has 3 fully saturated rings. The van der Waals surface area contributed by atoms with E-state index in [4.69, 9.17) is 18.6 Å². The maximum absolute atomic E-state index is 6.39. The summed E-state index contributed by atoms with van der Waals surface area (Å²) in [6.45, 7) is 16.8. The zero-order valence-corrected chi connectivity index (χ0v) is 18.0. The van der Waals surface area contributed by atoms with Gasteiger partial charge in [-0.2, -0.15) is 0 Å². The summed E-state index contributed by atoms with van der Waals surface area (Å²) < 4.78 is 25.3. The molecule has 3 aliphatic rings. The maximum Gasteiger partial charge on any atom is 0.489 e. The second-order valence-electron chi connectivity index (χ2n) is 10.2. The maximum atomic E-state index is 6.39. The van der Waals surface area contributed by atoms with Gasteiger partial charge in [0.25, 0.3) is 0 Å². The fraction of sp³-hybridized carbons (Fsp3) is 0.900. The van der Waals surface area contributed by atoms with Crippen LogP contribution in [0.4, 0.5) is 0 Å². The monoisotopic (exact) mass is 362 g/mol. The summed E-state index contributed by atoms with van der Waals surface area (Å²) in [5.41, 5.74) is -0.117. The van der Waals surface area contributed by atoms with Crippen LogP contribution in [0.2, 0.25) is 0 Å². The Morgan fingerprint density at radius 2 is 1.12 bits per heavy atom. The van der Waals surface area contributed by atoms with E-state index in [0.717, 1.165) is 0 Å². The number of rotatable bonds is 3. The minimum Gasteiger partial charge on any atom is -0.400 e. The Bertz CT molecular complexity index is 530. The molecule has 2 heterocycles. The number of hydrogen-bond donors (Lipinski definition) is 0. The Hall–Kier alpha value is -0.290. The van der Waals surface area contributed by atoms with E-state index in [1.54, 1.807) is 0 Å². The SMILES string of the molecule is CC1(C)OB(/C=C(\B2OC(C)(C)C(C)(C)O2)C2CCCCC2)OC1(C)C. The van der Waals surface area contributed by atoms with Gasteiger partial charge in [0.2, 0.25) is 0 Å². The number of allylic oxidation sites excluding steroid dienone is 1. The van der Waals surface area contributed by atoms with Crippen molar-refractivity contribution in [2.24, 2.45) is 5.92 Å². The van der Waals surface area contributed by atoms with Gasteiger partial charge in [0.1, 0.15) is 0 Å². The standard InChI is InChI=1S/C20H36B2O4/c1-17(2)18(3,4)24-21(23-17)14-16(15-12-10-9-11-13-15)22-25-19(5,6)20(7,8)26-22/h14-15H,9-13H2,1-8H3/b16-14-. The van der Waals surface area contributed by atoms with Gasteiger partial charge >= 0.3 is 14.2 Å². The average Bonchev–Trinajstić information content (AvgIpc) is 2.85. The fourth-order valence-corrected chi connectivity index (χ4v) is 3.94. The zero-order valence-electron chi connectivity index (χ0n) is 18.0. The van der Waals surface area contributed by atoms with Crippen molar-refractivity contribution in [2.75, 3.05) is 0 Å². The molecule has 6 heteroatoms.